The molecule has 2 aliphatic rings. The van der Waals surface area contributed by atoms with Gasteiger partial charge in [-0.25, -0.2) is 4.98 Å². The SMILES string of the molecule is COc1ccc(C=Cc2c(Cl)nc(N)nc2NC2(O)CCC3C(O)C32O)cc1. The van der Waals surface area contributed by atoms with Gasteiger partial charge in [0, 0.05) is 5.92 Å². The largest absolute Gasteiger partial charge is 0.497 e. The Morgan fingerprint density at radius 1 is 1.25 bits per heavy atom. The summed E-state index contributed by atoms with van der Waals surface area (Å²) in [5, 5.41) is 34.4. The lowest BCUT2D eigenvalue weighted by atomic mass is 10.0. The molecule has 9 heteroatoms. The summed E-state index contributed by atoms with van der Waals surface area (Å²) < 4.78 is 5.14. The fourth-order valence-electron chi connectivity index (χ4n) is 3.87. The number of fused-ring (bicyclic) bond motifs is 1. The van der Waals surface area contributed by atoms with Gasteiger partial charge in [-0.2, -0.15) is 4.98 Å². The molecule has 0 aliphatic heterocycles. The second-order valence-corrected chi connectivity index (χ2v) is 7.50. The van der Waals surface area contributed by atoms with Crippen molar-refractivity contribution in [1.82, 2.24) is 9.97 Å². The van der Waals surface area contributed by atoms with Gasteiger partial charge in [0.15, 0.2) is 5.72 Å². The average Bonchev–Trinajstić information content (AvgIpc) is 3.09. The Morgan fingerprint density at radius 3 is 2.57 bits per heavy atom. The molecule has 4 atom stereocenters. The number of ether oxygens (including phenoxy) is 1. The Morgan fingerprint density at radius 2 is 1.96 bits per heavy atom. The van der Waals surface area contributed by atoms with Crippen LogP contribution in [0.5, 0.6) is 5.75 Å². The molecule has 148 valence electrons. The van der Waals surface area contributed by atoms with E-state index in [2.05, 4.69) is 15.3 Å². The number of rotatable bonds is 5. The number of nitrogens with one attached hydrogen (secondary N) is 1. The van der Waals surface area contributed by atoms with Crippen molar-refractivity contribution in [2.75, 3.05) is 18.2 Å². The molecule has 0 spiro atoms. The maximum atomic E-state index is 10.9. The zero-order chi connectivity index (χ0) is 20.1. The number of anilines is 2. The Kier molecular flexibility index (Phi) is 4.46. The molecule has 6 N–H and O–H groups in total. The van der Waals surface area contributed by atoms with Gasteiger partial charge in [0.05, 0.1) is 18.8 Å². The van der Waals surface area contributed by atoms with E-state index in [1.54, 1.807) is 19.3 Å². The maximum absolute atomic E-state index is 10.9. The highest BCUT2D eigenvalue weighted by atomic mass is 35.5. The van der Waals surface area contributed by atoms with Gasteiger partial charge in [-0.3, -0.25) is 0 Å². The number of nitrogen functional groups attached to an aromatic ring is 1. The van der Waals surface area contributed by atoms with Gasteiger partial charge >= 0.3 is 0 Å². The summed E-state index contributed by atoms with van der Waals surface area (Å²) >= 11 is 6.25. The number of aromatic nitrogens is 2. The number of aliphatic hydroxyl groups excluding tert-OH is 1. The first-order valence-corrected chi connectivity index (χ1v) is 9.22. The van der Waals surface area contributed by atoms with Gasteiger partial charge in [-0.05, 0) is 36.6 Å². The predicted octanol–water partition coefficient (Wildman–Crippen LogP) is 1.51. The van der Waals surface area contributed by atoms with Gasteiger partial charge in [0.25, 0.3) is 0 Å². The highest BCUT2D eigenvalue weighted by Crippen LogP contribution is 2.60. The summed E-state index contributed by atoms with van der Waals surface area (Å²) in [6.45, 7) is 0. The quantitative estimate of drug-likeness (QED) is 0.374. The summed E-state index contributed by atoms with van der Waals surface area (Å²) in [7, 11) is 1.59. The normalized spacial score (nSPS) is 31.0. The number of nitrogens with zero attached hydrogens (tertiary/aromatic N) is 2. The third-order valence-electron chi connectivity index (χ3n) is 5.57. The van der Waals surface area contributed by atoms with E-state index in [-0.39, 0.29) is 29.3 Å². The minimum absolute atomic E-state index is 0.0735. The van der Waals surface area contributed by atoms with Crippen molar-refractivity contribution >= 4 is 35.5 Å². The van der Waals surface area contributed by atoms with E-state index in [0.29, 0.717) is 12.0 Å². The van der Waals surface area contributed by atoms with Gasteiger partial charge in [-0.1, -0.05) is 29.8 Å². The Bertz CT molecular complexity index is 938. The van der Waals surface area contributed by atoms with E-state index in [1.807, 2.05) is 24.3 Å². The summed E-state index contributed by atoms with van der Waals surface area (Å²) in [5.41, 5.74) is 3.65. The lowest BCUT2D eigenvalue weighted by Crippen LogP contribution is -2.51. The summed E-state index contributed by atoms with van der Waals surface area (Å²) in [6.07, 6.45) is 3.26. The molecule has 1 heterocycles. The van der Waals surface area contributed by atoms with Crippen molar-refractivity contribution in [3.63, 3.8) is 0 Å². The molecular formula is C19H21ClN4O4. The number of benzene rings is 1. The molecular weight excluding hydrogens is 384 g/mol. The highest BCUT2D eigenvalue weighted by Gasteiger charge is 2.78. The van der Waals surface area contributed by atoms with Gasteiger partial charge in [-0.15, -0.1) is 0 Å². The van der Waals surface area contributed by atoms with E-state index in [1.165, 1.54) is 0 Å². The van der Waals surface area contributed by atoms with Crippen LogP contribution in [-0.4, -0.2) is 49.8 Å². The van der Waals surface area contributed by atoms with Gasteiger partial charge < -0.3 is 31.1 Å². The highest BCUT2D eigenvalue weighted by molar-refractivity contribution is 6.31. The van der Waals surface area contributed by atoms with E-state index in [0.717, 1.165) is 11.3 Å². The van der Waals surface area contributed by atoms with Gasteiger partial charge in [0.1, 0.15) is 22.3 Å². The molecule has 0 bridgehead atoms. The minimum Gasteiger partial charge on any atom is -0.497 e. The summed E-state index contributed by atoms with van der Waals surface area (Å²) in [6, 6.07) is 7.39. The molecule has 8 nitrogen and oxygen atoms in total. The number of nitrogens with two attached hydrogens (primary N) is 1. The molecule has 2 fully saturated rings. The van der Waals surface area contributed by atoms with Crippen LogP contribution < -0.4 is 15.8 Å². The first-order chi connectivity index (χ1) is 13.3. The fourth-order valence-corrected chi connectivity index (χ4v) is 4.11. The van der Waals surface area contributed by atoms with Crippen LogP contribution in [0.4, 0.5) is 11.8 Å². The topological polar surface area (TPSA) is 134 Å². The number of halogens is 1. The third-order valence-corrected chi connectivity index (χ3v) is 5.86. The lowest BCUT2D eigenvalue weighted by Gasteiger charge is -2.32. The summed E-state index contributed by atoms with van der Waals surface area (Å²) in [4.78, 5) is 8.10. The number of aliphatic hydroxyl groups is 3. The molecule has 2 saturated carbocycles. The average molecular weight is 405 g/mol. The van der Waals surface area contributed by atoms with Gasteiger partial charge in [0.2, 0.25) is 5.95 Å². The number of hydrogen-bond donors (Lipinski definition) is 5. The number of hydrogen-bond acceptors (Lipinski definition) is 8. The standard InChI is InChI=1S/C19H21ClN4O4/c1-28-11-5-2-10(3-6-11)4-7-12-15(20)22-17(21)23-16(12)24-18(26)9-8-13-14(25)19(13,18)27/h2-7,13-14,25-27H,8-9H2,1H3,(H3,21,22,23,24). The van der Waals surface area contributed by atoms with E-state index in [4.69, 9.17) is 22.1 Å². The van der Waals surface area contributed by atoms with E-state index >= 15 is 0 Å². The summed E-state index contributed by atoms with van der Waals surface area (Å²) in [5.74, 6) is 0.481. The van der Waals surface area contributed by atoms with Crippen LogP contribution in [0.15, 0.2) is 24.3 Å². The molecule has 2 aromatic rings. The lowest BCUT2D eigenvalue weighted by molar-refractivity contribution is -0.0852. The monoisotopic (exact) mass is 404 g/mol. The zero-order valence-electron chi connectivity index (χ0n) is 15.1. The van der Waals surface area contributed by atoms with Crippen molar-refractivity contribution < 1.29 is 20.1 Å². The molecule has 28 heavy (non-hydrogen) atoms. The molecule has 1 aromatic heterocycles. The predicted molar refractivity (Wildman–Crippen MR) is 106 cm³/mol. The van der Waals surface area contributed by atoms with Crippen LogP contribution in [-0.2, 0) is 0 Å². The molecule has 1 aromatic carbocycles. The van der Waals surface area contributed by atoms with Crippen LogP contribution in [0.1, 0.15) is 24.0 Å². The number of methoxy groups -OCH3 is 1. The van der Waals surface area contributed by atoms with Crippen molar-refractivity contribution in [3.8, 4) is 5.75 Å². The van der Waals surface area contributed by atoms with Crippen LogP contribution in [0.3, 0.4) is 0 Å². The minimum atomic E-state index is -1.73. The van der Waals surface area contributed by atoms with E-state index < -0.39 is 17.4 Å². The van der Waals surface area contributed by atoms with Crippen LogP contribution >= 0.6 is 11.6 Å². The fraction of sp³-hybridized carbons (Fsp3) is 0.368. The van der Waals surface area contributed by atoms with Crippen LogP contribution in [0.25, 0.3) is 12.2 Å². The second kappa shape index (κ2) is 6.59. The zero-order valence-corrected chi connectivity index (χ0v) is 15.9. The Labute approximate surface area is 166 Å². The molecule has 0 radical (unpaired) electrons. The smallest absolute Gasteiger partial charge is 0.223 e. The first kappa shape index (κ1) is 18.9. The molecule has 4 unspecified atom stereocenters. The van der Waals surface area contributed by atoms with E-state index in [9.17, 15) is 15.3 Å². The maximum Gasteiger partial charge on any atom is 0.223 e. The third kappa shape index (κ3) is 2.89. The van der Waals surface area contributed by atoms with Crippen LogP contribution in [0.2, 0.25) is 5.15 Å². The van der Waals surface area contributed by atoms with Crippen molar-refractivity contribution in [3.05, 3.63) is 40.5 Å². The van der Waals surface area contributed by atoms with Crippen molar-refractivity contribution in [2.45, 2.75) is 30.3 Å². The first-order valence-electron chi connectivity index (χ1n) is 8.84. The Balaban J connectivity index is 1.65. The molecule has 4 rings (SSSR count). The van der Waals surface area contributed by atoms with Crippen LogP contribution in [0, 0.1) is 5.92 Å². The van der Waals surface area contributed by atoms with Crippen molar-refractivity contribution in [1.29, 1.82) is 0 Å². The molecule has 2 aliphatic carbocycles. The van der Waals surface area contributed by atoms with Crippen molar-refractivity contribution in [2.24, 2.45) is 5.92 Å². The molecule has 0 amide bonds. The molecule has 0 saturated heterocycles. The second-order valence-electron chi connectivity index (χ2n) is 7.14. The Hall–Kier alpha value is -2.39.